The SMILES string of the molecule is CCN(CC(N)=NO)S(N)(=O)=O. The molecule has 0 spiro atoms. The van der Waals surface area contributed by atoms with Crippen molar-refractivity contribution < 1.29 is 13.6 Å². The van der Waals surface area contributed by atoms with Crippen molar-refractivity contribution in [2.45, 2.75) is 6.92 Å². The molecule has 0 fully saturated rings. The molecule has 0 saturated carbocycles. The normalized spacial score (nSPS) is 13.8. The molecule has 0 unspecified atom stereocenters. The standard InChI is InChI=1S/C4H12N4O3S/c1-2-8(12(6,10)11)3-4(5)7-9/h9H,2-3H2,1H3,(H2,5,7)(H2,6,10,11). The summed E-state index contributed by atoms with van der Waals surface area (Å²) in [5.41, 5.74) is 5.08. The Morgan fingerprint density at radius 2 is 2.17 bits per heavy atom. The maximum absolute atomic E-state index is 10.7. The predicted octanol–water partition coefficient (Wildman–Crippen LogP) is -1.74. The number of amidine groups is 1. The lowest BCUT2D eigenvalue weighted by atomic mass is 10.6. The number of rotatable bonds is 4. The first kappa shape index (κ1) is 11.1. The van der Waals surface area contributed by atoms with Crippen molar-refractivity contribution in [3.8, 4) is 0 Å². The second-order valence-electron chi connectivity index (χ2n) is 2.06. The van der Waals surface area contributed by atoms with E-state index >= 15 is 0 Å². The maximum Gasteiger partial charge on any atom is 0.277 e. The molecule has 0 aliphatic rings. The van der Waals surface area contributed by atoms with Gasteiger partial charge in [0.2, 0.25) is 0 Å². The highest BCUT2D eigenvalue weighted by atomic mass is 32.2. The van der Waals surface area contributed by atoms with Crippen LogP contribution in [0.5, 0.6) is 0 Å². The highest BCUT2D eigenvalue weighted by Gasteiger charge is 2.15. The smallest absolute Gasteiger partial charge is 0.277 e. The molecule has 0 bridgehead atoms. The van der Waals surface area contributed by atoms with Gasteiger partial charge in [0.1, 0.15) is 0 Å². The third-order valence-corrected chi connectivity index (χ3v) is 2.29. The van der Waals surface area contributed by atoms with E-state index in [9.17, 15) is 8.42 Å². The Hall–Kier alpha value is -0.860. The first-order chi connectivity index (χ1) is 5.41. The molecule has 0 atom stereocenters. The Morgan fingerprint density at radius 1 is 1.67 bits per heavy atom. The second kappa shape index (κ2) is 4.24. The van der Waals surface area contributed by atoms with E-state index in [1.54, 1.807) is 6.92 Å². The van der Waals surface area contributed by atoms with Crippen LogP contribution < -0.4 is 10.9 Å². The Morgan fingerprint density at radius 3 is 2.42 bits per heavy atom. The lowest BCUT2D eigenvalue weighted by Crippen LogP contribution is -2.42. The summed E-state index contributed by atoms with van der Waals surface area (Å²) < 4.78 is 22.3. The number of nitrogens with two attached hydrogens (primary N) is 2. The molecule has 12 heavy (non-hydrogen) atoms. The molecule has 0 rings (SSSR count). The monoisotopic (exact) mass is 196 g/mol. The molecule has 7 nitrogen and oxygen atoms in total. The summed E-state index contributed by atoms with van der Waals surface area (Å²) in [7, 11) is -3.76. The molecule has 0 amide bonds. The molecule has 8 heteroatoms. The van der Waals surface area contributed by atoms with Gasteiger partial charge in [-0.2, -0.15) is 12.7 Å². The van der Waals surface area contributed by atoms with Crippen LogP contribution in [0.4, 0.5) is 0 Å². The van der Waals surface area contributed by atoms with Gasteiger partial charge in [-0.3, -0.25) is 0 Å². The van der Waals surface area contributed by atoms with Crippen LogP contribution >= 0.6 is 0 Å². The van der Waals surface area contributed by atoms with Crippen molar-refractivity contribution in [3.05, 3.63) is 0 Å². The zero-order chi connectivity index (χ0) is 9.78. The molecular formula is C4H12N4O3S. The number of nitrogens with zero attached hydrogens (tertiary/aromatic N) is 2. The van der Waals surface area contributed by atoms with Crippen LogP contribution in [-0.2, 0) is 10.2 Å². The summed E-state index contributed by atoms with van der Waals surface area (Å²) in [6.07, 6.45) is 0. The van der Waals surface area contributed by atoms with E-state index in [1.165, 1.54) is 0 Å². The van der Waals surface area contributed by atoms with Crippen LogP contribution in [0.3, 0.4) is 0 Å². The van der Waals surface area contributed by atoms with Crippen molar-refractivity contribution in [3.63, 3.8) is 0 Å². The van der Waals surface area contributed by atoms with Crippen LogP contribution in [-0.4, -0.2) is 36.9 Å². The molecule has 0 saturated heterocycles. The second-order valence-corrected chi connectivity index (χ2v) is 3.61. The number of hydrogen-bond donors (Lipinski definition) is 3. The highest BCUT2D eigenvalue weighted by molar-refractivity contribution is 7.86. The zero-order valence-corrected chi connectivity index (χ0v) is 7.45. The molecule has 5 N–H and O–H groups in total. The zero-order valence-electron chi connectivity index (χ0n) is 6.64. The summed E-state index contributed by atoms with van der Waals surface area (Å²) in [5, 5.41) is 15.6. The van der Waals surface area contributed by atoms with E-state index in [0.717, 1.165) is 4.31 Å². The van der Waals surface area contributed by atoms with Crippen molar-refractivity contribution in [2.75, 3.05) is 13.1 Å². The van der Waals surface area contributed by atoms with Gasteiger partial charge in [-0.05, 0) is 0 Å². The molecular weight excluding hydrogens is 184 g/mol. The third-order valence-electron chi connectivity index (χ3n) is 1.18. The quantitative estimate of drug-likeness (QED) is 0.214. The van der Waals surface area contributed by atoms with Gasteiger partial charge >= 0.3 is 0 Å². The average Bonchev–Trinajstić information content (AvgIpc) is 1.97. The topological polar surface area (TPSA) is 122 Å². The average molecular weight is 196 g/mol. The molecule has 0 aromatic heterocycles. The Bertz CT molecular complexity index is 259. The van der Waals surface area contributed by atoms with Crippen LogP contribution in [0.25, 0.3) is 0 Å². The summed E-state index contributed by atoms with van der Waals surface area (Å²) in [6.45, 7) is 1.57. The van der Waals surface area contributed by atoms with E-state index in [4.69, 9.17) is 16.1 Å². The van der Waals surface area contributed by atoms with Gasteiger partial charge < -0.3 is 10.9 Å². The maximum atomic E-state index is 10.7. The van der Waals surface area contributed by atoms with Crippen LogP contribution in [0, 0.1) is 0 Å². The van der Waals surface area contributed by atoms with E-state index in [0.29, 0.717) is 0 Å². The lowest BCUT2D eigenvalue weighted by molar-refractivity contribution is 0.315. The Balaban J connectivity index is 4.41. The van der Waals surface area contributed by atoms with Gasteiger partial charge in [-0.1, -0.05) is 12.1 Å². The first-order valence-electron chi connectivity index (χ1n) is 3.16. The predicted molar refractivity (Wildman–Crippen MR) is 43.8 cm³/mol. The minimum absolute atomic E-state index is 0.176. The molecule has 0 radical (unpaired) electrons. The van der Waals surface area contributed by atoms with Gasteiger partial charge in [0, 0.05) is 6.54 Å². The fourth-order valence-corrected chi connectivity index (χ4v) is 1.27. The molecule has 72 valence electrons. The van der Waals surface area contributed by atoms with Gasteiger partial charge in [0.15, 0.2) is 5.84 Å². The summed E-state index contributed by atoms with van der Waals surface area (Å²) in [5.74, 6) is -0.203. The summed E-state index contributed by atoms with van der Waals surface area (Å²) in [4.78, 5) is 0. The lowest BCUT2D eigenvalue weighted by Gasteiger charge is -2.15. The van der Waals surface area contributed by atoms with E-state index in [2.05, 4.69) is 5.16 Å². The fraction of sp³-hybridized carbons (Fsp3) is 0.750. The first-order valence-corrected chi connectivity index (χ1v) is 4.66. The van der Waals surface area contributed by atoms with E-state index in [-0.39, 0.29) is 18.9 Å². The van der Waals surface area contributed by atoms with Crippen LogP contribution in [0.15, 0.2) is 5.16 Å². The van der Waals surface area contributed by atoms with Gasteiger partial charge in [0.05, 0.1) is 6.54 Å². The largest absolute Gasteiger partial charge is 0.409 e. The molecule has 0 aliphatic heterocycles. The number of oxime groups is 1. The van der Waals surface area contributed by atoms with Gasteiger partial charge in [-0.15, -0.1) is 0 Å². The summed E-state index contributed by atoms with van der Waals surface area (Å²) >= 11 is 0. The molecule has 0 aromatic rings. The number of hydrogen-bond acceptors (Lipinski definition) is 4. The highest BCUT2D eigenvalue weighted by Crippen LogP contribution is 1.92. The van der Waals surface area contributed by atoms with E-state index in [1.807, 2.05) is 0 Å². The van der Waals surface area contributed by atoms with Crippen LogP contribution in [0.2, 0.25) is 0 Å². The fourth-order valence-electron chi connectivity index (χ4n) is 0.594. The molecule has 0 aromatic carbocycles. The van der Waals surface area contributed by atoms with Crippen LogP contribution in [0.1, 0.15) is 6.92 Å². The molecule has 0 aliphatic carbocycles. The molecule has 0 heterocycles. The van der Waals surface area contributed by atoms with Crippen molar-refractivity contribution in [1.29, 1.82) is 0 Å². The third kappa shape index (κ3) is 3.51. The Kier molecular flexibility index (Phi) is 3.93. The minimum atomic E-state index is -3.76. The van der Waals surface area contributed by atoms with Crippen molar-refractivity contribution in [1.82, 2.24) is 4.31 Å². The summed E-state index contributed by atoms with van der Waals surface area (Å²) in [6, 6.07) is 0. The van der Waals surface area contributed by atoms with Crippen molar-refractivity contribution >= 4 is 16.0 Å². The van der Waals surface area contributed by atoms with Gasteiger partial charge in [0.25, 0.3) is 10.2 Å². The number of likely N-dealkylation sites (N-methyl/N-ethyl adjacent to an activating group) is 1. The minimum Gasteiger partial charge on any atom is -0.409 e. The Labute approximate surface area is 70.8 Å². The van der Waals surface area contributed by atoms with Gasteiger partial charge in [-0.25, -0.2) is 5.14 Å². The van der Waals surface area contributed by atoms with E-state index < -0.39 is 10.2 Å². The van der Waals surface area contributed by atoms with Crippen molar-refractivity contribution in [2.24, 2.45) is 16.0 Å².